The molecule has 1 heterocycles. The fraction of sp³-hybridized carbons (Fsp3) is 0.0909. The molecule has 2 rings (SSSR count). The van der Waals surface area contributed by atoms with Gasteiger partial charge < -0.3 is 4.52 Å². The summed E-state index contributed by atoms with van der Waals surface area (Å²) < 4.78 is 4.94. The van der Waals surface area contributed by atoms with Gasteiger partial charge in [-0.2, -0.15) is 4.98 Å². The minimum atomic E-state index is 0.534. The predicted octanol–water partition coefficient (Wildman–Crippen LogP) is 2.55. The van der Waals surface area contributed by atoms with E-state index in [0.29, 0.717) is 11.7 Å². The highest BCUT2D eigenvalue weighted by molar-refractivity contribution is 5.65. The van der Waals surface area contributed by atoms with Crippen LogP contribution in [0, 0.1) is 6.92 Å². The Bertz CT molecular complexity index is 432. The minimum absolute atomic E-state index is 0.534. The molecular formula is C11H10N2O. The molecule has 3 nitrogen and oxygen atoms in total. The number of aryl methyl sites for hydroxylation is 1. The van der Waals surface area contributed by atoms with E-state index >= 15 is 0 Å². The number of nitrogens with zero attached hydrogens (tertiary/aromatic N) is 2. The topological polar surface area (TPSA) is 38.9 Å². The zero-order valence-corrected chi connectivity index (χ0v) is 7.84. The molecule has 2 aromatic rings. The Morgan fingerprint density at radius 3 is 2.57 bits per heavy atom. The lowest BCUT2D eigenvalue weighted by molar-refractivity contribution is 0.405. The Labute approximate surface area is 82.1 Å². The van der Waals surface area contributed by atoms with Crippen LogP contribution in [-0.2, 0) is 0 Å². The van der Waals surface area contributed by atoms with Crippen LogP contribution in [0.5, 0.6) is 0 Å². The zero-order chi connectivity index (χ0) is 9.80. The molecule has 70 valence electrons. The highest BCUT2D eigenvalue weighted by atomic mass is 16.5. The first kappa shape index (κ1) is 8.69. The average Bonchev–Trinajstić information content (AvgIpc) is 2.63. The van der Waals surface area contributed by atoms with Gasteiger partial charge in [-0.3, -0.25) is 0 Å². The molecule has 0 aliphatic rings. The van der Waals surface area contributed by atoms with Crippen LogP contribution >= 0.6 is 0 Å². The lowest BCUT2D eigenvalue weighted by Gasteiger charge is -1.88. The first-order chi connectivity index (χ1) is 6.84. The molecule has 0 saturated carbocycles. The fourth-order valence-corrected chi connectivity index (χ4v) is 1.11. The average molecular weight is 186 g/mol. The van der Waals surface area contributed by atoms with E-state index < -0.39 is 0 Å². The summed E-state index contributed by atoms with van der Waals surface area (Å²) in [6.07, 6.45) is 3.74. The highest BCUT2D eigenvalue weighted by Crippen LogP contribution is 2.05. The van der Waals surface area contributed by atoms with Gasteiger partial charge in [0.25, 0.3) is 5.89 Å². The standard InChI is InChI=1S/C11H10N2O/c1-9-12-11(14-13-9)8-7-10-5-3-2-4-6-10/h2-8H,1H3. The third-order valence-corrected chi connectivity index (χ3v) is 1.76. The van der Waals surface area contributed by atoms with Crippen molar-refractivity contribution >= 4 is 12.2 Å². The number of aromatic nitrogens is 2. The summed E-state index contributed by atoms with van der Waals surface area (Å²) >= 11 is 0. The molecule has 0 amide bonds. The van der Waals surface area contributed by atoms with Crippen molar-refractivity contribution in [3.05, 3.63) is 47.6 Å². The molecular weight excluding hydrogens is 176 g/mol. The summed E-state index contributed by atoms with van der Waals surface area (Å²) in [5, 5.41) is 3.69. The molecule has 0 bridgehead atoms. The maximum atomic E-state index is 4.94. The molecule has 0 aliphatic carbocycles. The van der Waals surface area contributed by atoms with E-state index in [2.05, 4.69) is 10.1 Å². The molecule has 3 heteroatoms. The van der Waals surface area contributed by atoms with Gasteiger partial charge >= 0.3 is 0 Å². The molecule has 14 heavy (non-hydrogen) atoms. The second-order valence-electron chi connectivity index (χ2n) is 2.92. The van der Waals surface area contributed by atoms with Crippen molar-refractivity contribution in [2.75, 3.05) is 0 Å². The molecule has 1 aromatic heterocycles. The fourth-order valence-electron chi connectivity index (χ4n) is 1.11. The van der Waals surface area contributed by atoms with Crippen molar-refractivity contribution in [1.82, 2.24) is 10.1 Å². The van der Waals surface area contributed by atoms with E-state index in [-0.39, 0.29) is 0 Å². The molecule has 0 radical (unpaired) electrons. The van der Waals surface area contributed by atoms with Gasteiger partial charge in [-0.25, -0.2) is 0 Å². The Hall–Kier alpha value is -1.90. The van der Waals surface area contributed by atoms with Crippen LogP contribution in [0.15, 0.2) is 34.9 Å². The molecule has 0 spiro atoms. The monoisotopic (exact) mass is 186 g/mol. The van der Waals surface area contributed by atoms with Crippen LogP contribution in [0.3, 0.4) is 0 Å². The smallest absolute Gasteiger partial charge is 0.250 e. The molecule has 0 saturated heterocycles. The van der Waals surface area contributed by atoms with Crippen molar-refractivity contribution in [1.29, 1.82) is 0 Å². The lowest BCUT2D eigenvalue weighted by atomic mass is 10.2. The molecule has 0 atom stereocenters. The summed E-state index contributed by atoms with van der Waals surface area (Å²) in [6.45, 7) is 1.79. The summed E-state index contributed by atoms with van der Waals surface area (Å²) in [7, 11) is 0. The van der Waals surface area contributed by atoms with Crippen LogP contribution in [0.2, 0.25) is 0 Å². The van der Waals surface area contributed by atoms with E-state index in [1.165, 1.54) is 0 Å². The second kappa shape index (κ2) is 3.87. The highest BCUT2D eigenvalue weighted by Gasteiger charge is 1.95. The van der Waals surface area contributed by atoms with Gasteiger partial charge in [-0.05, 0) is 18.6 Å². The van der Waals surface area contributed by atoms with Crippen molar-refractivity contribution < 1.29 is 4.52 Å². The third-order valence-electron chi connectivity index (χ3n) is 1.76. The molecule has 0 fully saturated rings. The Kier molecular flexibility index (Phi) is 2.40. The molecule has 0 aliphatic heterocycles. The summed E-state index contributed by atoms with van der Waals surface area (Å²) in [5.74, 6) is 1.18. The van der Waals surface area contributed by atoms with Crippen molar-refractivity contribution in [2.24, 2.45) is 0 Å². The molecule has 1 aromatic carbocycles. The Morgan fingerprint density at radius 2 is 1.93 bits per heavy atom. The van der Waals surface area contributed by atoms with Gasteiger partial charge in [-0.15, -0.1) is 0 Å². The maximum absolute atomic E-state index is 4.94. The van der Waals surface area contributed by atoms with E-state index in [4.69, 9.17) is 4.52 Å². The van der Waals surface area contributed by atoms with Crippen LogP contribution in [0.4, 0.5) is 0 Å². The van der Waals surface area contributed by atoms with Gasteiger partial charge in [-0.1, -0.05) is 35.5 Å². The minimum Gasteiger partial charge on any atom is -0.335 e. The largest absolute Gasteiger partial charge is 0.335 e. The summed E-state index contributed by atoms with van der Waals surface area (Å²) in [5.41, 5.74) is 1.11. The lowest BCUT2D eigenvalue weighted by Crippen LogP contribution is -1.73. The Morgan fingerprint density at radius 1 is 1.14 bits per heavy atom. The number of hydrogen-bond donors (Lipinski definition) is 0. The molecule has 0 unspecified atom stereocenters. The first-order valence-corrected chi connectivity index (χ1v) is 4.38. The van der Waals surface area contributed by atoms with E-state index in [0.717, 1.165) is 5.56 Å². The van der Waals surface area contributed by atoms with Crippen LogP contribution in [0.25, 0.3) is 12.2 Å². The zero-order valence-electron chi connectivity index (χ0n) is 7.84. The Balaban J connectivity index is 2.15. The molecule has 0 N–H and O–H groups in total. The van der Waals surface area contributed by atoms with Gasteiger partial charge in [0, 0.05) is 6.08 Å². The normalized spacial score (nSPS) is 10.9. The van der Waals surface area contributed by atoms with Crippen LogP contribution < -0.4 is 0 Å². The van der Waals surface area contributed by atoms with Gasteiger partial charge in [0.1, 0.15) is 0 Å². The van der Waals surface area contributed by atoms with E-state index in [9.17, 15) is 0 Å². The van der Waals surface area contributed by atoms with Crippen LogP contribution in [-0.4, -0.2) is 10.1 Å². The van der Waals surface area contributed by atoms with Crippen LogP contribution in [0.1, 0.15) is 17.3 Å². The number of benzene rings is 1. The van der Waals surface area contributed by atoms with Gasteiger partial charge in [0.15, 0.2) is 5.82 Å². The van der Waals surface area contributed by atoms with Gasteiger partial charge in [0.05, 0.1) is 0 Å². The van der Waals surface area contributed by atoms with E-state index in [1.54, 1.807) is 13.0 Å². The van der Waals surface area contributed by atoms with Crippen molar-refractivity contribution in [3.63, 3.8) is 0 Å². The maximum Gasteiger partial charge on any atom is 0.250 e. The van der Waals surface area contributed by atoms with Gasteiger partial charge in [0.2, 0.25) is 0 Å². The van der Waals surface area contributed by atoms with Crippen molar-refractivity contribution in [3.8, 4) is 0 Å². The number of hydrogen-bond acceptors (Lipinski definition) is 3. The third kappa shape index (κ3) is 2.07. The quantitative estimate of drug-likeness (QED) is 0.723. The first-order valence-electron chi connectivity index (χ1n) is 4.38. The number of rotatable bonds is 2. The predicted molar refractivity (Wildman–Crippen MR) is 54.4 cm³/mol. The summed E-state index contributed by atoms with van der Waals surface area (Å²) in [4.78, 5) is 4.06. The van der Waals surface area contributed by atoms with Crippen molar-refractivity contribution in [2.45, 2.75) is 6.92 Å². The summed E-state index contributed by atoms with van der Waals surface area (Å²) in [6, 6.07) is 9.98. The SMILES string of the molecule is Cc1noc(C=Cc2ccccc2)n1. The van der Waals surface area contributed by atoms with E-state index in [1.807, 2.05) is 36.4 Å². The second-order valence-corrected chi connectivity index (χ2v) is 2.92.